The number of aromatic amines is 1. The van der Waals surface area contributed by atoms with Crippen molar-refractivity contribution in [3.05, 3.63) is 35.5 Å². The van der Waals surface area contributed by atoms with Gasteiger partial charge in [0, 0.05) is 36.4 Å². The van der Waals surface area contributed by atoms with Gasteiger partial charge in [-0.1, -0.05) is 11.6 Å². The average molecular weight is 434 g/mol. The Labute approximate surface area is 179 Å². The number of hydrogen-bond donors (Lipinski definition) is 2. The second-order valence-corrected chi connectivity index (χ2v) is 7.79. The summed E-state index contributed by atoms with van der Waals surface area (Å²) < 4.78 is 19.8. The van der Waals surface area contributed by atoms with Gasteiger partial charge in [0.25, 0.3) is 0 Å². The van der Waals surface area contributed by atoms with Crippen LogP contribution in [-0.2, 0) is 9.53 Å². The molecule has 0 aliphatic heterocycles. The molecule has 3 heterocycles. The van der Waals surface area contributed by atoms with E-state index in [1.165, 1.54) is 6.20 Å². The number of carbonyl (C=O) groups excluding carboxylic acids is 1. The zero-order valence-electron chi connectivity index (χ0n) is 17.2. The van der Waals surface area contributed by atoms with Crippen molar-refractivity contribution in [2.75, 3.05) is 11.9 Å². The Balaban J connectivity index is 1.68. The van der Waals surface area contributed by atoms with E-state index in [4.69, 9.17) is 16.3 Å². The van der Waals surface area contributed by atoms with E-state index < -0.39 is 11.9 Å². The van der Waals surface area contributed by atoms with Crippen LogP contribution in [0.3, 0.4) is 0 Å². The lowest BCUT2D eigenvalue weighted by atomic mass is 10.1. The molecule has 0 aliphatic carbocycles. The van der Waals surface area contributed by atoms with Crippen molar-refractivity contribution in [1.82, 2.24) is 19.9 Å². The highest BCUT2D eigenvalue weighted by atomic mass is 35.5. The number of hydrogen-bond acceptors (Lipinski definition) is 6. The number of unbranched alkanes of at least 4 members (excludes halogenated alkanes) is 1. The number of fused-ring (bicyclic) bond motifs is 1. The van der Waals surface area contributed by atoms with Gasteiger partial charge in [0.1, 0.15) is 5.65 Å². The first kappa shape index (κ1) is 22.1. The molecule has 0 saturated carbocycles. The molecule has 3 aromatic rings. The van der Waals surface area contributed by atoms with Gasteiger partial charge in [0.05, 0.1) is 23.4 Å². The number of ether oxygens (including phenoxy) is 1. The van der Waals surface area contributed by atoms with E-state index in [9.17, 15) is 9.18 Å². The lowest BCUT2D eigenvalue weighted by Gasteiger charge is -2.14. The average Bonchev–Trinajstić information content (AvgIpc) is 3.12. The summed E-state index contributed by atoms with van der Waals surface area (Å²) in [5.41, 5.74) is 1.27. The highest BCUT2D eigenvalue weighted by Crippen LogP contribution is 2.28. The van der Waals surface area contributed by atoms with E-state index >= 15 is 0 Å². The van der Waals surface area contributed by atoms with Gasteiger partial charge in [0.15, 0.2) is 23.2 Å². The minimum atomic E-state index is -0.625. The third-order valence-electron chi connectivity index (χ3n) is 4.59. The van der Waals surface area contributed by atoms with Crippen LogP contribution in [0.5, 0.6) is 0 Å². The summed E-state index contributed by atoms with van der Waals surface area (Å²) in [4.78, 5) is 28.0. The van der Waals surface area contributed by atoms with E-state index in [2.05, 4.69) is 25.3 Å². The first-order valence-corrected chi connectivity index (χ1v) is 10.3. The second-order valence-electron chi connectivity index (χ2n) is 7.35. The van der Waals surface area contributed by atoms with E-state index in [-0.39, 0.29) is 17.7 Å². The molecular weight excluding hydrogens is 409 g/mol. The van der Waals surface area contributed by atoms with Gasteiger partial charge >= 0.3 is 0 Å². The molecule has 160 valence electrons. The van der Waals surface area contributed by atoms with Gasteiger partial charge < -0.3 is 15.0 Å². The monoisotopic (exact) mass is 433 g/mol. The summed E-state index contributed by atoms with van der Waals surface area (Å²) in [6.07, 6.45) is 6.41. The molecule has 9 heteroatoms. The molecule has 0 aliphatic rings. The van der Waals surface area contributed by atoms with Gasteiger partial charge in [0.2, 0.25) is 0 Å². The smallest absolute Gasteiger partial charge is 0.183 e. The summed E-state index contributed by atoms with van der Waals surface area (Å²) in [7, 11) is 0. The number of pyridine rings is 1. The summed E-state index contributed by atoms with van der Waals surface area (Å²) in [6.45, 7) is 6.27. The predicted molar refractivity (Wildman–Crippen MR) is 115 cm³/mol. The first-order chi connectivity index (χ1) is 14.3. The zero-order chi connectivity index (χ0) is 21.7. The number of nitrogens with one attached hydrogen (secondary N) is 2. The van der Waals surface area contributed by atoms with Crippen LogP contribution in [0.25, 0.3) is 22.4 Å². The quantitative estimate of drug-likeness (QED) is 0.447. The van der Waals surface area contributed by atoms with E-state index in [1.54, 1.807) is 19.2 Å². The number of halogens is 2. The summed E-state index contributed by atoms with van der Waals surface area (Å²) >= 11 is 6.04. The fourth-order valence-corrected chi connectivity index (χ4v) is 3.14. The summed E-state index contributed by atoms with van der Waals surface area (Å²) in [5.74, 6) is -0.352. The number of Topliss-reactive ketones (excluding diaryl/α,β-unsaturated/α-hetero) is 1. The van der Waals surface area contributed by atoms with Crippen LogP contribution in [0, 0.1) is 5.82 Å². The Morgan fingerprint density at radius 3 is 2.83 bits per heavy atom. The number of aromatic nitrogens is 4. The SMILES string of the molecule is CC(C)OCCCCC(=O)[C@H](C)Nc1nc(-c2c[nH]c3ncc(Cl)cc23)ncc1F. The highest BCUT2D eigenvalue weighted by Gasteiger charge is 2.18. The molecule has 7 nitrogen and oxygen atoms in total. The Kier molecular flexibility index (Phi) is 7.33. The van der Waals surface area contributed by atoms with Crippen molar-refractivity contribution in [3.63, 3.8) is 0 Å². The molecule has 3 rings (SSSR count). The third-order valence-corrected chi connectivity index (χ3v) is 4.79. The summed E-state index contributed by atoms with van der Waals surface area (Å²) in [5, 5.41) is 4.08. The predicted octanol–water partition coefficient (Wildman–Crippen LogP) is 4.78. The van der Waals surface area contributed by atoms with Gasteiger partial charge in [-0.3, -0.25) is 4.79 Å². The van der Waals surface area contributed by atoms with Crippen molar-refractivity contribution < 1.29 is 13.9 Å². The van der Waals surface area contributed by atoms with Gasteiger partial charge in [-0.25, -0.2) is 19.3 Å². The molecule has 0 radical (unpaired) electrons. The molecule has 2 N–H and O–H groups in total. The van der Waals surface area contributed by atoms with Crippen LogP contribution in [-0.4, -0.2) is 44.5 Å². The first-order valence-electron chi connectivity index (χ1n) is 9.91. The van der Waals surface area contributed by atoms with Crippen LogP contribution >= 0.6 is 11.6 Å². The van der Waals surface area contributed by atoms with Crippen molar-refractivity contribution in [2.24, 2.45) is 0 Å². The lowest BCUT2D eigenvalue weighted by molar-refractivity contribution is -0.119. The van der Waals surface area contributed by atoms with Crippen LogP contribution in [0.15, 0.2) is 24.7 Å². The van der Waals surface area contributed by atoms with Gasteiger partial charge in [-0.15, -0.1) is 0 Å². The molecule has 0 aromatic carbocycles. The number of anilines is 1. The zero-order valence-corrected chi connectivity index (χ0v) is 18.0. The minimum absolute atomic E-state index is 0.0119. The lowest BCUT2D eigenvalue weighted by Crippen LogP contribution is -2.27. The molecule has 0 bridgehead atoms. The van der Waals surface area contributed by atoms with Crippen molar-refractivity contribution in [1.29, 1.82) is 0 Å². The highest BCUT2D eigenvalue weighted by molar-refractivity contribution is 6.31. The normalized spacial score (nSPS) is 12.5. The van der Waals surface area contributed by atoms with E-state index in [0.29, 0.717) is 35.1 Å². The van der Waals surface area contributed by atoms with Crippen LogP contribution in [0.1, 0.15) is 40.0 Å². The Morgan fingerprint density at radius 1 is 1.27 bits per heavy atom. The van der Waals surface area contributed by atoms with Gasteiger partial charge in [-0.05, 0) is 39.7 Å². The number of ketones is 1. The number of carbonyl (C=O) groups is 1. The Hall–Kier alpha value is -2.58. The number of rotatable bonds is 10. The maximum atomic E-state index is 14.3. The van der Waals surface area contributed by atoms with E-state index in [1.807, 2.05) is 13.8 Å². The molecule has 0 saturated heterocycles. The molecule has 1 atom stereocenters. The second kappa shape index (κ2) is 9.95. The molecule has 0 unspecified atom stereocenters. The van der Waals surface area contributed by atoms with Crippen molar-refractivity contribution >= 4 is 34.2 Å². The van der Waals surface area contributed by atoms with Crippen molar-refractivity contribution in [3.8, 4) is 11.4 Å². The number of H-pyrrole nitrogens is 1. The van der Waals surface area contributed by atoms with E-state index in [0.717, 1.165) is 24.4 Å². The maximum absolute atomic E-state index is 14.3. The third kappa shape index (κ3) is 5.52. The minimum Gasteiger partial charge on any atom is -0.379 e. The number of nitrogens with zero attached hydrogens (tertiary/aromatic N) is 3. The fraction of sp³-hybridized carbons (Fsp3) is 0.429. The summed E-state index contributed by atoms with van der Waals surface area (Å²) in [6, 6.07) is 1.16. The topological polar surface area (TPSA) is 92.8 Å². The fourth-order valence-electron chi connectivity index (χ4n) is 2.98. The molecule has 3 aromatic heterocycles. The molecule has 0 spiro atoms. The molecular formula is C21H25ClFN5O2. The maximum Gasteiger partial charge on any atom is 0.183 e. The molecule has 0 fully saturated rings. The van der Waals surface area contributed by atoms with Crippen molar-refractivity contribution in [2.45, 2.75) is 52.2 Å². The van der Waals surface area contributed by atoms with Crippen LogP contribution in [0.4, 0.5) is 10.2 Å². The van der Waals surface area contributed by atoms with Gasteiger partial charge in [-0.2, -0.15) is 0 Å². The Morgan fingerprint density at radius 2 is 2.07 bits per heavy atom. The molecule has 0 amide bonds. The Bertz CT molecular complexity index is 1020. The molecule has 30 heavy (non-hydrogen) atoms. The standard InChI is InChI=1S/C21H25ClFN5O2/c1-12(2)30-7-5-4-6-18(29)13(3)27-21-17(23)11-26-20(28-21)16-10-25-19-15(16)8-14(22)9-24-19/h8-13H,4-7H2,1-3H3,(H,24,25)(H,26,27,28)/t13-/m0/s1. The van der Waals surface area contributed by atoms with Crippen LogP contribution < -0.4 is 5.32 Å². The van der Waals surface area contributed by atoms with Crippen LogP contribution in [0.2, 0.25) is 5.02 Å². The largest absolute Gasteiger partial charge is 0.379 e.